The molecule has 0 saturated heterocycles. The molecule has 0 spiro atoms. The number of ether oxygens (including phenoxy) is 1. The van der Waals surface area contributed by atoms with Gasteiger partial charge in [-0.25, -0.2) is 4.79 Å². The van der Waals surface area contributed by atoms with Gasteiger partial charge in [0.05, 0.1) is 0 Å². The lowest BCUT2D eigenvalue weighted by molar-refractivity contribution is -0.131. The van der Waals surface area contributed by atoms with Crippen molar-refractivity contribution >= 4 is 17.6 Å². The van der Waals surface area contributed by atoms with Crippen LogP contribution in [0.4, 0.5) is 5.69 Å². The fourth-order valence-electron chi connectivity index (χ4n) is 5.79. The number of carboxylic acids is 1. The van der Waals surface area contributed by atoms with Gasteiger partial charge in [-0.2, -0.15) is 0 Å². The highest BCUT2D eigenvalue weighted by molar-refractivity contribution is 6.03. The molecule has 5 nitrogen and oxygen atoms in total. The third-order valence-corrected chi connectivity index (χ3v) is 8.53. The third kappa shape index (κ3) is 9.78. The topological polar surface area (TPSA) is 75.6 Å². The van der Waals surface area contributed by atoms with E-state index in [1.165, 1.54) is 51.4 Å². The lowest BCUT2D eigenvalue weighted by atomic mass is 9.83. The van der Waals surface area contributed by atoms with Gasteiger partial charge in [0, 0.05) is 17.8 Å². The van der Waals surface area contributed by atoms with Crippen LogP contribution in [0.25, 0.3) is 0 Å². The van der Waals surface area contributed by atoms with Crippen molar-refractivity contribution in [2.75, 3.05) is 5.32 Å². The number of aliphatic carboxylic acids is 1. The number of carboxylic acid groups (broad SMARTS) is 1. The van der Waals surface area contributed by atoms with Gasteiger partial charge in [0.2, 0.25) is 5.91 Å². The van der Waals surface area contributed by atoms with Gasteiger partial charge in [0.1, 0.15) is 11.4 Å². The van der Waals surface area contributed by atoms with Crippen molar-refractivity contribution in [3.63, 3.8) is 0 Å². The number of hydrogen-bond acceptors (Lipinski definition) is 3. The molecule has 1 aromatic rings. The number of carbonyl (C=O) groups excluding carboxylic acids is 1. The summed E-state index contributed by atoms with van der Waals surface area (Å²) in [6, 6.07) is 0. The van der Waals surface area contributed by atoms with Crippen LogP contribution in [-0.2, 0) is 16.0 Å². The molecule has 0 aliphatic carbocycles. The molecular formula is C33H53NO4. The molecule has 0 aromatic heterocycles. The number of benzene rings is 1. The Labute approximate surface area is 231 Å². The number of anilines is 1. The summed E-state index contributed by atoms with van der Waals surface area (Å²) in [5.74, 6) is 1.81. The van der Waals surface area contributed by atoms with Crippen LogP contribution in [0.5, 0.6) is 5.75 Å². The van der Waals surface area contributed by atoms with Crippen molar-refractivity contribution in [2.24, 2.45) is 17.8 Å². The van der Waals surface area contributed by atoms with E-state index >= 15 is 0 Å². The zero-order valence-electron chi connectivity index (χ0n) is 25.3. The monoisotopic (exact) mass is 527 g/mol. The Hall–Kier alpha value is -2.30. The van der Waals surface area contributed by atoms with Crippen LogP contribution in [0, 0.1) is 38.5 Å². The van der Waals surface area contributed by atoms with Crippen molar-refractivity contribution in [1.29, 1.82) is 0 Å². The zero-order chi connectivity index (χ0) is 28.5. The molecule has 0 radical (unpaired) electrons. The van der Waals surface area contributed by atoms with Crippen molar-refractivity contribution < 1.29 is 19.4 Å². The van der Waals surface area contributed by atoms with Crippen LogP contribution >= 0.6 is 0 Å². The first-order valence-corrected chi connectivity index (χ1v) is 14.9. The first-order valence-electron chi connectivity index (χ1n) is 14.9. The lowest BCUT2D eigenvalue weighted by Gasteiger charge is -2.38. The second-order valence-corrected chi connectivity index (χ2v) is 12.6. The van der Waals surface area contributed by atoms with Crippen LogP contribution in [0.3, 0.4) is 0 Å². The van der Waals surface area contributed by atoms with Crippen molar-refractivity contribution in [3.8, 4) is 5.75 Å². The van der Waals surface area contributed by atoms with E-state index in [4.69, 9.17) is 9.84 Å². The molecule has 1 heterocycles. The molecule has 1 aliphatic rings. The molecule has 3 atom stereocenters. The van der Waals surface area contributed by atoms with Gasteiger partial charge >= 0.3 is 5.97 Å². The van der Waals surface area contributed by atoms with Crippen LogP contribution in [0.15, 0.2) is 12.2 Å². The zero-order valence-corrected chi connectivity index (χ0v) is 25.3. The van der Waals surface area contributed by atoms with E-state index < -0.39 is 11.9 Å². The summed E-state index contributed by atoms with van der Waals surface area (Å²) in [6.45, 7) is 17.8. The van der Waals surface area contributed by atoms with Gasteiger partial charge in [0.25, 0.3) is 0 Å². The minimum Gasteiger partial charge on any atom is -0.487 e. The highest BCUT2D eigenvalue weighted by Gasteiger charge is 2.34. The number of amides is 1. The Morgan fingerprint density at radius 1 is 0.895 bits per heavy atom. The van der Waals surface area contributed by atoms with Crippen LogP contribution in [-0.4, -0.2) is 22.6 Å². The number of carbonyl (C=O) groups is 2. The van der Waals surface area contributed by atoms with E-state index in [1.54, 1.807) is 0 Å². The van der Waals surface area contributed by atoms with Gasteiger partial charge in [-0.1, -0.05) is 72.6 Å². The molecule has 2 N–H and O–H groups in total. The van der Waals surface area contributed by atoms with E-state index in [1.807, 2.05) is 20.8 Å². The predicted molar refractivity (Wildman–Crippen MR) is 158 cm³/mol. The molecule has 38 heavy (non-hydrogen) atoms. The summed E-state index contributed by atoms with van der Waals surface area (Å²) >= 11 is 0. The minimum absolute atomic E-state index is 0.170. The van der Waals surface area contributed by atoms with E-state index in [-0.39, 0.29) is 5.60 Å². The van der Waals surface area contributed by atoms with E-state index in [0.717, 1.165) is 82.9 Å². The van der Waals surface area contributed by atoms with Crippen molar-refractivity contribution in [3.05, 3.63) is 34.4 Å². The van der Waals surface area contributed by atoms with E-state index in [9.17, 15) is 9.59 Å². The first kappa shape index (κ1) is 31.9. The second-order valence-electron chi connectivity index (χ2n) is 12.6. The average Bonchev–Trinajstić information content (AvgIpc) is 2.83. The summed E-state index contributed by atoms with van der Waals surface area (Å²) in [4.78, 5) is 23.0. The molecule has 1 aliphatic heterocycles. The largest absolute Gasteiger partial charge is 0.487 e. The van der Waals surface area contributed by atoms with E-state index in [2.05, 4.69) is 39.9 Å². The smallest absolute Gasteiger partial charge is 0.328 e. The molecule has 2 rings (SSSR count). The predicted octanol–water partition coefficient (Wildman–Crippen LogP) is 8.71. The molecule has 214 valence electrons. The maximum absolute atomic E-state index is 12.2. The van der Waals surface area contributed by atoms with Crippen molar-refractivity contribution in [1.82, 2.24) is 0 Å². The van der Waals surface area contributed by atoms with Crippen LogP contribution in [0.1, 0.15) is 121 Å². The molecule has 0 unspecified atom stereocenters. The number of nitrogens with one attached hydrogen (secondary N) is 1. The van der Waals surface area contributed by atoms with Crippen LogP contribution < -0.4 is 10.1 Å². The highest BCUT2D eigenvalue weighted by atomic mass is 16.5. The van der Waals surface area contributed by atoms with Crippen LogP contribution in [0.2, 0.25) is 0 Å². The molecule has 0 fully saturated rings. The first-order chi connectivity index (χ1) is 17.8. The summed E-state index contributed by atoms with van der Waals surface area (Å²) in [7, 11) is 0. The summed E-state index contributed by atoms with van der Waals surface area (Å²) in [5.41, 5.74) is 4.76. The Balaban J connectivity index is 1.89. The van der Waals surface area contributed by atoms with Gasteiger partial charge in [-0.05, 0) is 93.4 Å². The lowest BCUT2D eigenvalue weighted by Crippen LogP contribution is -2.37. The molecule has 1 aromatic carbocycles. The standard InChI is InChI=1S/C33H53NO4/c1-22(2)12-9-13-23(3)14-10-15-24(4)16-11-20-33(8)21-19-28-27(7)31(25(5)26(6)32(28)38-33)34-29(35)17-18-30(36)37/h17-18,22-24H,9-16,19-21H2,1-8H3,(H,34,35)(H,36,37)/b18-17-/t23-,24-,33-/m1/s1. The normalized spacial score (nSPS) is 18.8. The average molecular weight is 528 g/mol. The Morgan fingerprint density at radius 3 is 2.05 bits per heavy atom. The number of fused-ring (bicyclic) bond motifs is 1. The minimum atomic E-state index is -1.14. The number of rotatable bonds is 15. The summed E-state index contributed by atoms with van der Waals surface area (Å²) in [5, 5.41) is 11.7. The Bertz CT molecular complexity index is 980. The van der Waals surface area contributed by atoms with Crippen molar-refractivity contribution in [2.45, 2.75) is 132 Å². The second kappa shape index (κ2) is 14.7. The maximum Gasteiger partial charge on any atom is 0.328 e. The Kier molecular flexibility index (Phi) is 12.4. The van der Waals surface area contributed by atoms with E-state index in [0.29, 0.717) is 0 Å². The fraction of sp³-hybridized carbons (Fsp3) is 0.697. The van der Waals surface area contributed by atoms with Gasteiger partial charge in [0.15, 0.2) is 0 Å². The summed E-state index contributed by atoms with van der Waals surface area (Å²) in [6.07, 6.45) is 15.4. The fourth-order valence-corrected chi connectivity index (χ4v) is 5.79. The number of hydrogen-bond donors (Lipinski definition) is 2. The molecule has 0 bridgehead atoms. The molecule has 1 amide bonds. The SMILES string of the molecule is Cc1c(C)c2c(c(C)c1NC(=O)/C=C\C(=O)O)CC[C@@](C)(CCC[C@H](C)CCC[C@H](C)CCCC(C)C)O2. The molecular weight excluding hydrogens is 474 g/mol. The molecule has 0 saturated carbocycles. The summed E-state index contributed by atoms with van der Waals surface area (Å²) < 4.78 is 6.70. The third-order valence-electron chi connectivity index (χ3n) is 8.53. The van der Waals surface area contributed by atoms with Gasteiger partial charge in [-0.15, -0.1) is 0 Å². The van der Waals surface area contributed by atoms with Gasteiger partial charge in [-0.3, -0.25) is 4.79 Å². The highest BCUT2D eigenvalue weighted by Crippen LogP contribution is 2.44. The molecule has 5 heteroatoms. The van der Waals surface area contributed by atoms with Gasteiger partial charge < -0.3 is 15.2 Å². The Morgan fingerprint density at radius 2 is 1.47 bits per heavy atom. The quantitative estimate of drug-likeness (QED) is 0.224. The maximum atomic E-state index is 12.2.